The van der Waals surface area contributed by atoms with Crippen molar-refractivity contribution in [1.82, 2.24) is 5.32 Å². The van der Waals surface area contributed by atoms with Crippen molar-refractivity contribution in [2.24, 2.45) is 0 Å². The van der Waals surface area contributed by atoms with Crippen molar-refractivity contribution in [1.29, 1.82) is 0 Å². The Balaban J connectivity index is 2.09. The number of hydrogen-bond acceptors (Lipinski definition) is 4. The Labute approximate surface area is 156 Å². The summed E-state index contributed by atoms with van der Waals surface area (Å²) in [5.74, 6) is -2.69. The van der Waals surface area contributed by atoms with Crippen molar-refractivity contribution in [3.63, 3.8) is 0 Å². The summed E-state index contributed by atoms with van der Waals surface area (Å²) in [4.78, 5) is 48.3. The number of hydrogen-bond donors (Lipinski definition) is 1. The number of rotatable bonds is 3. The minimum Gasteiger partial charge on any atom is -0.288 e. The predicted octanol–water partition coefficient (Wildman–Crippen LogP) is 3.46. The number of ketones is 1. The molecule has 0 bridgehead atoms. The molecule has 0 aliphatic carbocycles. The van der Waals surface area contributed by atoms with E-state index in [1.807, 2.05) is 5.32 Å². The molecule has 1 aliphatic heterocycles. The lowest BCUT2D eigenvalue weighted by Gasteiger charge is -2.14. The molecule has 4 amide bonds. The summed E-state index contributed by atoms with van der Waals surface area (Å²) in [7, 11) is 0. The third-order valence-corrected chi connectivity index (χ3v) is 4.42. The van der Waals surface area contributed by atoms with Crippen LogP contribution in [0.5, 0.6) is 0 Å². The maximum Gasteiger partial charge on any atom is 0.336 e. The van der Waals surface area contributed by atoms with Crippen molar-refractivity contribution in [2.45, 2.75) is 0 Å². The van der Waals surface area contributed by atoms with Gasteiger partial charge in [-0.05, 0) is 30.3 Å². The fourth-order valence-electron chi connectivity index (χ4n) is 2.31. The molecule has 126 valence electrons. The lowest BCUT2D eigenvalue weighted by atomic mass is 10.0. The van der Waals surface area contributed by atoms with Gasteiger partial charge in [-0.1, -0.05) is 40.9 Å². The number of imide groups is 2. The van der Waals surface area contributed by atoms with Gasteiger partial charge in [0, 0.05) is 5.56 Å². The van der Waals surface area contributed by atoms with Crippen LogP contribution in [0.4, 0.5) is 10.5 Å². The van der Waals surface area contributed by atoms with Crippen LogP contribution in [0.15, 0.2) is 36.4 Å². The van der Waals surface area contributed by atoms with Crippen LogP contribution in [0.2, 0.25) is 15.1 Å². The summed E-state index contributed by atoms with van der Waals surface area (Å²) in [5.41, 5.74) is 0.0385. The van der Waals surface area contributed by atoms with E-state index in [4.69, 9.17) is 34.8 Å². The maximum atomic E-state index is 12.8. The molecule has 0 spiro atoms. The van der Waals surface area contributed by atoms with Crippen molar-refractivity contribution >= 4 is 64.1 Å². The SMILES string of the molecule is O=C1NC(=O)N(c2ccc(Cl)c(C(=O)c3c(Cl)cccc3Cl)c2)C1=O. The second kappa shape index (κ2) is 6.48. The van der Waals surface area contributed by atoms with Crippen LogP contribution in [0.25, 0.3) is 0 Å². The van der Waals surface area contributed by atoms with Gasteiger partial charge in [-0.15, -0.1) is 0 Å². The molecule has 25 heavy (non-hydrogen) atoms. The second-order valence-electron chi connectivity index (χ2n) is 4.99. The van der Waals surface area contributed by atoms with Crippen LogP contribution >= 0.6 is 34.8 Å². The largest absolute Gasteiger partial charge is 0.336 e. The molecule has 0 atom stereocenters. The average molecular weight is 398 g/mol. The van der Waals surface area contributed by atoms with Crippen molar-refractivity contribution in [3.8, 4) is 0 Å². The lowest BCUT2D eigenvalue weighted by molar-refractivity contribution is -0.134. The monoisotopic (exact) mass is 396 g/mol. The molecule has 1 N–H and O–H groups in total. The van der Waals surface area contributed by atoms with E-state index in [0.717, 1.165) is 0 Å². The Bertz CT molecular complexity index is 938. The number of carbonyl (C=O) groups is 4. The molecule has 0 saturated carbocycles. The Morgan fingerprint density at radius 2 is 1.56 bits per heavy atom. The first-order chi connectivity index (χ1) is 11.8. The van der Waals surface area contributed by atoms with Gasteiger partial charge >= 0.3 is 17.8 Å². The number of carbonyl (C=O) groups excluding carboxylic acids is 4. The van der Waals surface area contributed by atoms with Crippen LogP contribution in [0, 0.1) is 0 Å². The highest BCUT2D eigenvalue weighted by atomic mass is 35.5. The van der Waals surface area contributed by atoms with Crippen molar-refractivity contribution in [3.05, 3.63) is 62.6 Å². The summed E-state index contributed by atoms with van der Waals surface area (Å²) in [5, 5.41) is 2.20. The van der Waals surface area contributed by atoms with Gasteiger partial charge in [0.05, 0.1) is 26.3 Å². The highest BCUT2D eigenvalue weighted by molar-refractivity contribution is 6.53. The van der Waals surface area contributed by atoms with Gasteiger partial charge in [-0.3, -0.25) is 19.7 Å². The van der Waals surface area contributed by atoms with E-state index < -0.39 is 23.6 Å². The summed E-state index contributed by atoms with van der Waals surface area (Å²) in [6.45, 7) is 0. The smallest absolute Gasteiger partial charge is 0.288 e. The van der Waals surface area contributed by atoms with Crippen molar-refractivity contribution < 1.29 is 19.2 Å². The fourth-order valence-corrected chi connectivity index (χ4v) is 3.08. The standard InChI is InChI=1S/C16H7Cl3N2O4/c17-9-5-4-7(21-15(24)14(23)20-16(21)25)6-8(9)13(22)12-10(18)2-1-3-11(12)19/h1-6H,(H,20,23,25). The molecule has 3 rings (SSSR count). The third kappa shape index (κ3) is 3.00. The van der Waals surface area contributed by atoms with Crippen LogP contribution in [-0.4, -0.2) is 23.6 Å². The number of amides is 4. The zero-order valence-electron chi connectivity index (χ0n) is 12.2. The van der Waals surface area contributed by atoms with Gasteiger partial charge in [-0.25, -0.2) is 9.69 Å². The zero-order chi connectivity index (χ0) is 18.3. The number of urea groups is 1. The predicted molar refractivity (Wildman–Crippen MR) is 92.4 cm³/mol. The van der Waals surface area contributed by atoms with Crippen LogP contribution < -0.4 is 10.2 Å². The molecule has 9 heteroatoms. The molecule has 1 heterocycles. The molecular formula is C16H7Cl3N2O4. The average Bonchev–Trinajstić information content (AvgIpc) is 2.80. The van der Waals surface area contributed by atoms with Gasteiger partial charge in [0.2, 0.25) is 0 Å². The highest BCUT2D eigenvalue weighted by Crippen LogP contribution is 2.31. The molecular weight excluding hydrogens is 391 g/mol. The molecule has 0 aromatic heterocycles. The molecule has 2 aromatic carbocycles. The Morgan fingerprint density at radius 1 is 0.920 bits per heavy atom. The van der Waals surface area contributed by atoms with Gasteiger partial charge in [-0.2, -0.15) is 0 Å². The maximum absolute atomic E-state index is 12.8. The fraction of sp³-hybridized carbons (Fsp3) is 0. The van der Waals surface area contributed by atoms with Gasteiger partial charge in [0.1, 0.15) is 0 Å². The Morgan fingerprint density at radius 3 is 2.12 bits per heavy atom. The second-order valence-corrected chi connectivity index (χ2v) is 6.21. The van der Waals surface area contributed by atoms with Crippen LogP contribution in [0.1, 0.15) is 15.9 Å². The normalized spacial score (nSPS) is 14.0. The third-order valence-electron chi connectivity index (χ3n) is 3.46. The van der Waals surface area contributed by atoms with Crippen LogP contribution in [-0.2, 0) is 9.59 Å². The van der Waals surface area contributed by atoms with E-state index in [-0.39, 0.29) is 31.9 Å². The summed E-state index contributed by atoms with van der Waals surface area (Å²) >= 11 is 18.2. The minimum absolute atomic E-state index is 0.0178. The molecule has 6 nitrogen and oxygen atoms in total. The van der Waals surface area contributed by atoms with Crippen molar-refractivity contribution in [2.75, 3.05) is 4.90 Å². The summed E-state index contributed by atoms with van der Waals surface area (Å²) in [6.07, 6.45) is 0. The Hall–Kier alpha value is -2.41. The van der Waals surface area contributed by atoms with E-state index in [9.17, 15) is 19.2 Å². The van der Waals surface area contributed by atoms with E-state index >= 15 is 0 Å². The van der Waals surface area contributed by atoms with Gasteiger partial charge in [0.15, 0.2) is 5.78 Å². The Kier molecular flexibility index (Phi) is 4.51. The summed E-state index contributed by atoms with van der Waals surface area (Å²) in [6, 6.07) is 7.55. The van der Waals surface area contributed by atoms with Gasteiger partial charge in [0.25, 0.3) is 0 Å². The molecule has 1 aliphatic rings. The number of halogens is 3. The van der Waals surface area contributed by atoms with E-state index in [1.165, 1.54) is 30.3 Å². The van der Waals surface area contributed by atoms with Crippen LogP contribution in [0.3, 0.4) is 0 Å². The topological polar surface area (TPSA) is 83.6 Å². The summed E-state index contributed by atoms with van der Waals surface area (Å²) < 4.78 is 0. The van der Waals surface area contributed by atoms with Gasteiger partial charge < -0.3 is 0 Å². The van der Waals surface area contributed by atoms with E-state index in [1.54, 1.807) is 6.07 Å². The zero-order valence-corrected chi connectivity index (χ0v) is 14.4. The number of nitrogens with one attached hydrogen (secondary N) is 1. The molecule has 0 unspecified atom stereocenters. The first-order valence-corrected chi connectivity index (χ1v) is 7.92. The quantitative estimate of drug-likeness (QED) is 0.488. The molecule has 1 saturated heterocycles. The number of benzene rings is 2. The first kappa shape index (κ1) is 17.4. The molecule has 1 fully saturated rings. The minimum atomic E-state index is -1.05. The number of nitrogens with zero attached hydrogens (tertiary/aromatic N) is 1. The lowest BCUT2D eigenvalue weighted by Crippen LogP contribution is -2.30. The first-order valence-electron chi connectivity index (χ1n) is 6.79. The number of anilines is 1. The van der Waals surface area contributed by atoms with E-state index in [2.05, 4.69) is 0 Å². The molecule has 0 radical (unpaired) electrons. The highest BCUT2D eigenvalue weighted by Gasteiger charge is 2.38. The van der Waals surface area contributed by atoms with E-state index in [0.29, 0.717) is 4.90 Å². The molecule has 2 aromatic rings.